The van der Waals surface area contributed by atoms with Crippen LogP contribution in [0.3, 0.4) is 0 Å². The third kappa shape index (κ3) is 2.90. The van der Waals surface area contributed by atoms with Crippen molar-refractivity contribution in [3.05, 3.63) is 42.0 Å². The van der Waals surface area contributed by atoms with Crippen molar-refractivity contribution in [2.75, 3.05) is 25.3 Å². The van der Waals surface area contributed by atoms with Crippen LogP contribution in [0.1, 0.15) is 12.5 Å². The fourth-order valence-corrected chi connectivity index (χ4v) is 2.63. The van der Waals surface area contributed by atoms with Gasteiger partial charge in [-0.15, -0.1) is 0 Å². The molecule has 3 N–H and O–H groups in total. The molecule has 0 aliphatic heterocycles. The lowest BCUT2D eigenvalue weighted by atomic mass is 10.1. The Labute approximate surface area is 140 Å². The standard InChI is InChI=1S/C18H20N4O2/c1-4-12-15(9-11(23-2)10-16(12)24-3)22-18-17(19)20-13-7-5-6-8-14(13)21-18/h5-10H,4H2,1-3H3,(H2,19,20)(H,21,22). The molecular formula is C18H20N4O2. The highest BCUT2D eigenvalue weighted by Gasteiger charge is 2.14. The van der Waals surface area contributed by atoms with Crippen molar-refractivity contribution in [2.24, 2.45) is 0 Å². The maximum Gasteiger partial charge on any atom is 0.174 e. The summed E-state index contributed by atoms with van der Waals surface area (Å²) in [6.07, 6.45) is 0.788. The number of fused-ring (bicyclic) bond motifs is 1. The van der Waals surface area contributed by atoms with Crippen LogP contribution in [-0.4, -0.2) is 24.2 Å². The normalized spacial score (nSPS) is 10.6. The van der Waals surface area contributed by atoms with E-state index < -0.39 is 0 Å². The van der Waals surface area contributed by atoms with Crippen LogP contribution in [0.25, 0.3) is 11.0 Å². The molecule has 0 aliphatic carbocycles. The van der Waals surface area contributed by atoms with Crippen molar-refractivity contribution in [3.63, 3.8) is 0 Å². The van der Waals surface area contributed by atoms with Gasteiger partial charge in [0.2, 0.25) is 0 Å². The molecule has 6 nitrogen and oxygen atoms in total. The van der Waals surface area contributed by atoms with Crippen LogP contribution < -0.4 is 20.5 Å². The zero-order valence-electron chi connectivity index (χ0n) is 14.0. The van der Waals surface area contributed by atoms with Crippen LogP contribution >= 0.6 is 0 Å². The van der Waals surface area contributed by atoms with Crippen molar-refractivity contribution in [3.8, 4) is 11.5 Å². The van der Waals surface area contributed by atoms with Gasteiger partial charge in [-0.25, -0.2) is 9.97 Å². The molecule has 0 atom stereocenters. The van der Waals surface area contributed by atoms with E-state index in [0.717, 1.165) is 34.5 Å². The van der Waals surface area contributed by atoms with Gasteiger partial charge in [0.05, 0.1) is 30.9 Å². The highest BCUT2D eigenvalue weighted by molar-refractivity contribution is 5.81. The average molecular weight is 324 g/mol. The molecule has 24 heavy (non-hydrogen) atoms. The van der Waals surface area contributed by atoms with E-state index >= 15 is 0 Å². The van der Waals surface area contributed by atoms with Gasteiger partial charge in [0.25, 0.3) is 0 Å². The third-order valence-corrected chi connectivity index (χ3v) is 3.84. The van der Waals surface area contributed by atoms with Gasteiger partial charge in [0, 0.05) is 17.7 Å². The second-order valence-electron chi connectivity index (χ2n) is 5.28. The zero-order valence-corrected chi connectivity index (χ0v) is 14.0. The second kappa shape index (κ2) is 6.62. The molecule has 3 rings (SSSR count). The van der Waals surface area contributed by atoms with E-state index in [9.17, 15) is 0 Å². The maximum atomic E-state index is 6.07. The van der Waals surface area contributed by atoms with E-state index in [-0.39, 0.29) is 0 Å². The predicted octanol–water partition coefficient (Wildman–Crippen LogP) is 3.54. The lowest BCUT2D eigenvalue weighted by molar-refractivity contribution is 0.392. The van der Waals surface area contributed by atoms with Crippen molar-refractivity contribution >= 4 is 28.4 Å². The number of nitrogens with zero attached hydrogens (tertiary/aromatic N) is 2. The summed E-state index contributed by atoms with van der Waals surface area (Å²) in [5.74, 6) is 2.31. The molecule has 3 aromatic rings. The number of hydrogen-bond acceptors (Lipinski definition) is 6. The molecule has 0 saturated carbocycles. The molecule has 1 heterocycles. The quantitative estimate of drug-likeness (QED) is 0.747. The largest absolute Gasteiger partial charge is 0.497 e. The Morgan fingerprint density at radius 1 is 1.04 bits per heavy atom. The minimum absolute atomic E-state index is 0.345. The van der Waals surface area contributed by atoms with Crippen LogP contribution in [0.15, 0.2) is 36.4 Å². The monoisotopic (exact) mass is 324 g/mol. The van der Waals surface area contributed by atoms with Crippen LogP contribution in [-0.2, 0) is 6.42 Å². The Kier molecular flexibility index (Phi) is 4.37. The number of nitrogens with one attached hydrogen (secondary N) is 1. The Morgan fingerprint density at radius 3 is 2.38 bits per heavy atom. The number of nitrogens with two attached hydrogens (primary N) is 1. The van der Waals surface area contributed by atoms with Crippen LogP contribution in [0, 0.1) is 0 Å². The number of rotatable bonds is 5. The fourth-order valence-electron chi connectivity index (χ4n) is 2.63. The number of para-hydroxylation sites is 2. The van der Waals surface area contributed by atoms with Crippen molar-refractivity contribution < 1.29 is 9.47 Å². The summed E-state index contributed by atoms with van der Waals surface area (Å²) in [5, 5.41) is 3.27. The number of hydrogen-bond donors (Lipinski definition) is 2. The topological polar surface area (TPSA) is 82.3 Å². The number of aromatic nitrogens is 2. The molecule has 0 bridgehead atoms. The molecule has 0 fully saturated rings. The van der Waals surface area contributed by atoms with Crippen LogP contribution in [0.2, 0.25) is 0 Å². The predicted molar refractivity (Wildman–Crippen MR) is 96.2 cm³/mol. The van der Waals surface area contributed by atoms with Gasteiger partial charge in [-0.3, -0.25) is 0 Å². The summed E-state index contributed by atoms with van der Waals surface area (Å²) < 4.78 is 10.8. The van der Waals surface area contributed by atoms with E-state index in [4.69, 9.17) is 15.2 Å². The molecule has 0 saturated heterocycles. The summed E-state index contributed by atoms with van der Waals surface area (Å²) in [6.45, 7) is 2.06. The average Bonchev–Trinajstić information content (AvgIpc) is 2.61. The third-order valence-electron chi connectivity index (χ3n) is 3.84. The smallest absolute Gasteiger partial charge is 0.174 e. The number of methoxy groups -OCH3 is 2. The van der Waals surface area contributed by atoms with Gasteiger partial charge in [-0.05, 0) is 18.6 Å². The summed E-state index contributed by atoms with van der Waals surface area (Å²) >= 11 is 0. The molecule has 0 unspecified atom stereocenters. The van der Waals surface area contributed by atoms with Crippen LogP contribution in [0.5, 0.6) is 11.5 Å². The Morgan fingerprint density at radius 2 is 1.75 bits per heavy atom. The summed E-state index contributed by atoms with van der Waals surface area (Å²) in [7, 11) is 3.26. The zero-order chi connectivity index (χ0) is 17.1. The van der Waals surface area contributed by atoms with Crippen molar-refractivity contribution in [2.45, 2.75) is 13.3 Å². The van der Waals surface area contributed by atoms with Crippen molar-refractivity contribution in [1.82, 2.24) is 9.97 Å². The summed E-state index contributed by atoms with van der Waals surface area (Å²) in [4.78, 5) is 8.98. The Bertz CT molecular complexity index is 880. The SMILES string of the molecule is CCc1c(Nc2nc3ccccc3nc2N)cc(OC)cc1OC. The summed E-state index contributed by atoms with van der Waals surface area (Å²) in [5.41, 5.74) is 9.47. The second-order valence-corrected chi connectivity index (χ2v) is 5.28. The highest BCUT2D eigenvalue weighted by Crippen LogP contribution is 2.35. The Balaban J connectivity index is 2.09. The molecule has 0 amide bonds. The first-order valence-electron chi connectivity index (χ1n) is 7.70. The number of benzene rings is 2. The molecular weight excluding hydrogens is 304 g/mol. The molecule has 0 aliphatic rings. The first-order valence-corrected chi connectivity index (χ1v) is 7.70. The lowest BCUT2D eigenvalue weighted by Crippen LogP contribution is -2.05. The molecule has 124 valence electrons. The Hall–Kier alpha value is -3.02. The van der Waals surface area contributed by atoms with E-state index in [2.05, 4.69) is 22.2 Å². The highest BCUT2D eigenvalue weighted by atomic mass is 16.5. The molecule has 1 aromatic heterocycles. The lowest BCUT2D eigenvalue weighted by Gasteiger charge is -2.16. The van der Waals surface area contributed by atoms with Gasteiger partial charge in [-0.1, -0.05) is 19.1 Å². The molecule has 2 aromatic carbocycles. The minimum atomic E-state index is 0.345. The fraction of sp³-hybridized carbons (Fsp3) is 0.222. The van der Waals surface area contributed by atoms with Gasteiger partial charge < -0.3 is 20.5 Å². The van der Waals surface area contributed by atoms with Gasteiger partial charge in [-0.2, -0.15) is 0 Å². The number of ether oxygens (including phenoxy) is 2. The number of anilines is 3. The van der Waals surface area contributed by atoms with E-state index in [0.29, 0.717) is 17.4 Å². The maximum absolute atomic E-state index is 6.07. The molecule has 0 radical (unpaired) electrons. The van der Waals surface area contributed by atoms with E-state index in [1.54, 1.807) is 14.2 Å². The number of nitrogen functional groups attached to an aromatic ring is 1. The first-order chi connectivity index (χ1) is 11.7. The molecule has 0 spiro atoms. The van der Waals surface area contributed by atoms with Gasteiger partial charge >= 0.3 is 0 Å². The van der Waals surface area contributed by atoms with Crippen molar-refractivity contribution in [1.29, 1.82) is 0 Å². The summed E-state index contributed by atoms with van der Waals surface area (Å²) in [6, 6.07) is 11.4. The minimum Gasteiger partial charge on any atom is -0.497 e. The van der Waals surface area contributed by atoms with E-state index in [1.165, 1.54) is 0 Å². The van der Waals surface area contributed by atoms with E-state index in [1.807, 2.05) is 36.4 Å². The van der Waals surface area contributed by atoms with Gasteiger partial charge in [0.15, 0.2) is 11.6 Å². The van der Waals surface area contributed by atoms with Gasteiger partial charge in [0.1, 0.15) is 11.5 Å². The first kappa shape index (κ1) is 15.9. The molecule has 6 heteroatoms. The van der Waals surface area contributed by atoms with Crippen LogP contribution in [0.4, 0.5) is 17.3 Å².